The van der Waals surface area contributed by atoms with E-state index in [0.717, 1.165) is 49.9 Å². The van der Waals surface area contributed by atoms with Crippen molar-refractivity contribution in [2.45, 2.75) is 0 Å². The Hall–Kier alpha value is -8.67. The third-order valence-corrected chi connectivity index (χ3v) is 12.7. The Kier molecular flexibility index (Phi) is 8.15. The zero-order chi connectivity index (χ0) is 42.1. The summed E-state index contributed by atoms with van der Waals surface area (Å²) in [5.74, 6) is 1.92. The normalized spacial score (nSPS) is 11.8. The minimum atomic E-state index is 0.638. The minimum Gasteiger partial charge on any atom is -0.309 e. The van der Waals surface area contributed by atoms with Crippen LogP contribution in [0.25, 0.3) is 122 Å². The summed E-state index contributed by atoms with van der Waals surface area (Å²) in [5.41, 5.74) is 12.1. The Morgan fingerprint density at radius 1 is 0.266 bits per heavy atom. The molecule has 13 rings (SSSR count). The first-order chi connectivity index (χ1) is 31.7. The van der Waals surface area contributed by atoms with Gasteiger partial charge in [-0.05, 0) is 81.2 Å². The molecule has 0 aliphatic heterocycles. The first kappa shape index (κ1) is 36.0. The lowest BCUT2D eigenvalue weighted by Gasteiger charge is -2.13. The van der Waals surface area contributed by atoms with Gasteiger partial charge in [0, 0.05) is 49.6 Å². The Balaban J connectivity index is 1.07. The van der Waals surface area contributed by atoms with Crippen molar-refractivity contribution in [1.82, 2.24) is 24.1 Å². The molecule has 0 spiro atoms. The van der Waals surface area contributed by atoms with Crippen molar-refractivity contribution < 1.29 is 0 Å². The van der Waals surface area contributed by atoms with E-state index in [1.165, 1.54) is 54.5 Å². The molecular weight excluding hydrogens is 779 g/mol. The number of rotatable bonds is 6. The molecule has 5 nitrogen and oxygen atoms in total. The highest BCUT2D eigenvalue weighted by Crippen LogP contribution is 2.43. The number of para-hydroxylation sites is 1. The standard InChI is InChI=1S/C59H37N5/c1-5-16-38(17-6-1)42-28-31-48-50-36-51-55(63(44-24-11-4-12-25-44)52-33-29-39-18-13-14-26-47(39)56(51)52)37-54(50)64(53(48)35-42)45-30-32-46-43(34-45)23-15-27-49(46)59-61-57(40-19-7-2-8-20-40)60-58(62-59)41-21-9-3-10-22-41/h1-37H. The van der Waals surface area contributed by atoms with E-state index in [0.29, 0.717) is 17.5 Å². The van der Waals surface area contributed by atoms with E-state index < -0.39 is 0 Å². The molecule has 3 heterocycles. The number of benzene rings is 10. The van der Waals surface area contributed by atoms with Crippen molar-refractivity contribution in [1.29, 1.82) is 0 Å². The van der Waals surface area contributed by atoms with Crippen molar-refractivity contribution in [3.8, 4) is 56.7 Å². The average molecular weight is 816 g/mol. The molecule has 0 aliphatic rings. The summed E-state index contributed by atoms with van der Waals surface area (Å²) < 4.78 is 4.89. The maximum absolute atomic E-state index is 5.11. The summed E-state index contributed by atoms with van der Waals surface area (Å²) in [7, 11) is 0. The van der Waals surface area contributed by atoms with Gasteiger partial charge in [0.15, 0.2) is 17.5 Å². The predicted molar refractivity (Wildman–Crippen MR) is 265 cm³/mol. The molecular formula is C59H37N5. The molecule has 0 unspecified atom stereocenters. The molecule has 0 N–H and O–H groups in total. The summed E-state index contributed by atoms with van der Waals surface area (Å²) in [5, 5.41) is 9.57. The van der Waals surface area contributed by atoms with Gasteiger partial charge in [0.05, 0.1) is 22.1 Å². The van der Waals surface area contributed by atoms with Crippen LogP contribution in [0.5, 0.6) is 0 Å². The van der Waals surface area contributed by atoms with Crippen LogP contribution in [0.2, 0.25) is 0 Å². The lowest BCUT2D eigenvalue weighted by atomic mass is 10.0. The summed E-state index contributed by atoms with van der Waals surface area (Å²) in [4.78, 5) is 15.2. The van der Waals surface area contributed by atoms with E-state index in [1.807, 2.05) is 60.7 Å². The van der Waals surface area contributed by atoms with Crippen LogP contribution in [0.3, 0.4) is 0 Å². The Morgan fingerprint density at radius 3 is 1.58 bits per heavy atom. The number of fused-ring (bicyclic) bond motifs is 9. The van der Waals surface area contributed by atoms with Crippen molar-refractivity contribution in [3.05, 3.63) is 224 Å². The maximum Gasteiger partial charge on any atom is 0.164 e. The van der Waals surface area contributed by atoms with Gasteiger partial charge >= 0.3 is 0 Å². The van der Waals surface area contributed by atoms with Gasteiger partial charge in [0.1, 0.15) is 0 Å². The van der Waals surface area contributed by atoms with Crippen LogP contribution >= 0.6 is 0 Å². The molecule has 0 aliphatic carbocycles. The molecule has 0 amide bonds. The Bertz CT molecular complexity index is 3870. The monoisotopic (exact) mass is 815 g/mol. The van der Waals surface area contributed by atoms with E-state index in [4.69, 9.17) is 15.0 Å². The summed E-state index contributed by atoms with van der Waals surface area (Å²) in [6.45, 7) is 0. The van der Waals surface area contributed by atoms with Crippen LogP contribution in [0.4, 0.5) is 0 Å². The van der Waals surface area contributed by atoms with Gasteiger partial charge in [0.2, 0.25) is 0 Å². The zero-order valence-corrected chi connectivity index (χ0v) is 34.6. The number of nitrogens with zero attached hydrogens (tertiary/aromatic N) is 5. The topological polar surface area (TPSA) is 48.5 Å². The zero-order valence-electron chi connectivity index (χ0n) is 34.6. The van der Waals surface area contributed by atoms with Gasteiger partial charge < -0.3 is 9.13 Å². The molecule has 0 radical (unpaired) electrons. The van der Waals surface area contributed by atoms with Gasteiger partial charge in [0.25, 0.3) is 0 Å². The van der Waals surface area contributed by atoms with Gasteiger partial charge in [-0.1, -0.05) is 176 Å². The van der Waals surface area contributed by atoms with E-state index >= 15 is 0 Å². The van der Waals surface area contributed by atoms with E-state index in [1.54, 1.807) is 0 Å². The third kappa shape index (κ3) is 5.75. The maximum atomic E-state index is 5.11. The van der Waals surface area contributed by atoms with Crippen LogP contribution in [-0.2, 0) is 0 Å². The lowest BCUT2D eigenvalue weighted by molar-refractivity contribution is 1.08. The highest BCUT2D eigenvalue weighted by Gasteiger charge is 2.21. The molecule has 5 heteroatoms. The largest absolute Gasteiger partial charge is 0.309 e. The van der Waals surface area contributed by atoms with Crippen LogP contribution in [0.1, 0.15) is 0 Å². The molecule has 298 valence electrons. The fourth-order valence-corrected chi connectivity index (χ4v) is 9.77. The van der Waals surface area contributed by atoms with Crippen molar-refractivity contribution in [2.75, 3.05) is 0 Å². The molecule has 0 saturated carbocycles. The molecule has 10 aromatic carbocycles. The second-order valence-electron chi connectivity index (χ2n) is 16.4. The van der Waals surface area contributed by atoms with Crippen LogP contribution in [0, 0.1) is 0 Å². The highest BCUT2D eigenvalue weighted by molar-refractivity contribution is 6.25. The molecule has 0 fully saturated rings. The van der Waals surface area contributed by atoms with Crippen LogP contribution in [-0.4, -0.2) is 24.1 Å². The second-order valence-corrected chi connectivity index (χ2v) is 16.4. The molecule has 64 heavy (non-hydrogen) atoms. The molecule has 0 saturated heterocycles. The number of hydrogen-bond donors (Lipinski definition) is 0. The smallest absolute Gasteiger partial charge is 0.164 e. The first-order valence-corrected chi connectivity index (χ1v) is 21.7. The van der Waals surface area contributed by atoms with Crippen LogP contribution < -0.4 is 0 Å². The minimum absolute atomic E-state index is 0.638. The molecule has 3 aromatic heterocycles. The van der Waals surface area contributed by atoms with E-state index in [2.05, 4.69) is 173 Å². The molecule has 13 aromatic rings. The van der Waals surface area contributed by atoms with Crippen LogP contribution in [0.15, 0.2) is 224 Å². The lowest BCUT2D eigenvalue weighted by Crippen LogP contribution is -2.00. The van der Waals surface area contributed by atoms with Gasteiger partial charge in [-0.3, -0.25) is 0 Å². The average Bonchev–Trinajstić information content (AvgIpc) is 3.87. The number of hydrogen-bond acceptors (Lipinski definition) is 3. The quantitative estimate of drug-likeness (QED) is 0.168. The van der Waals surface area contributed by atoms with Gasteiger partial charge in [-0.2, -0.15) is 0 Å². The highest BCUT2D eigenvalue weighted by atomic mass is 15.0. The van der Waals surface area contributed by atoms with Gasteiger partial charge in [-0.15, -0.1) is 0 Å². The predicted octanol–water partition coefficient (Wildman–Crippen LogP) is 15.0. The Morgan fingerprint density at radius 2 is 0.844 bits per heavy atom. The van der Waals surface area contributed by atoms with Gasteiger partial charge in [-0.25, -0.2) is 15.0 Å². The summed E-state index contributed by atoms with van der Waals surface area (Å²) in [6, 6.07) is 80.0. The molecule has 0 atom stereocenters. The Labute approximate surface area is 368 Å². The van der Waals surface area contributed by atoms with Crippen molar-refractivity contribution >= 4 is 65.2 Å². The molecule has 0 bridgehead atoms. The first-order valence-electron chi connectivity index (χ1n) is 21.7. The summed E-state index contributed by atoms with van der Waals surface area (Å²) >= 11 is 0. The van der Waals surface area contributed by atoms with Crippen molar-refractivity contribution in [2.24, 2.45) is 0 Å². The van der Waals surface area contributed by atoms with Crippen molar-refractivity contribution in [3.63, 3.8) is 0 Å². The summed E-state index contributed by atoms with van der Waals surface area (Å²) in [6.07, 6.45) is 0. The number of aromatic nitrogens is 5. The third-order valence-electron chi connectivity index (χ3n) is 12.7. The van der Waals surface area contributed by atoms with E-state index in [9.17, 15) is 0 Å². The second kappa shape index (κ2) is 14.5. The fraction of sp³-hybridized carbons (Fsp3) is 0. The van der Waals surface area contributed by atoms with E-state index in [-0.39, 0.29) is 0 Å². The SMILES string of the molecule is c1ccc(-c2ccc3c4cc5c6c7ccccc7ccc6n(-c6ccccc6)c5cc4n(-c4ccc5c(-c6nc(-c7ccccc7)nc(-c7ccccc7)n6)cccc5c4)c3c2)cc1. The fourth-order valence-electron chi connectivity index (χ4n) is 9.77.